The van der Waals surface area contributed by atoms with Gasteiger partial charge in [-0.15, -0.1) is 0 Å². The molecule has 4 N–H and O–H groups in total. The predicted octanol–water partition coefficient (Wildman–Crippen LogP) is 1.26. The number of nitrogen functional groups attached to an aromatic ring is 1. The fourth-order valence-electron chi connectivity index (χ4n) is 1.92. The van der Waals surface area contributed by atoms with Crippen LogP contribution in [0.3, 0.4) is 0 Å². The number of nitrogens with two attached hydrogens (primary N) is 1. The molecule has 19 heavy (non-hydrogen) atoms. The molecule has 1 unspecified atom stereocenters. The molecule has 0 saturated heterocycles. The van der Waals surface area contributed by atoms with E-state index in [1.807, 2.05) is 20.8 Å². The Balaban J connectivity index is 2.97. The Morgan fingerprint density at radius 1 is 1.37 bits per heavy atom. The third-order valence-electron chi connectivity index (χ3n) is 2.75. The Bertz CT molecular complexity index is 527. The van der Waals surface area contributed by atoms with Gasteiger partial charge in [0, 0.05) is 6.04 Å². The summed E-state index contributed by atoms with van der Waals surface area (Å²) < 4.78 is 26.9. The lowest BCUT2D eigenvalue weighted by molar-refractivity contribution is 0.240. The number of aryl methyl sites for hydroxylation is 1. The van der Waals surface area contributed by atoms with Gasteiger partial charge in [-0.2, -0.15) is 0 Å². The maximum Gasteiger partial charge on any atom is 0.242 e. The van der Waals surface area contributed by atoms with E-state index < -0.39 is 16.1 Å². The van der Waals surface area contributed by atoms with E-state index in [1.165, 1.54) is 6.07 Å². The molecule has 6 heteroatoms. The molecular weight excluding hydrogens is 264 g/mol. The summed E-state index contributed by atoms with van der Waals surface area (Å²) >= 11 is 0. The SMILES string of the molecule is Cc1ccc(S(=O)(=O)NC(CO)CC(C)C)c(N)c1. The summed E-state index contributed by atoms with van der Waals surface area (Å²) in [6.07, 6.45) is 0.571. The van der Waals surface area contributed by atoms with Gasteiger partial charge < -0.3 is 10.8 Å². The number of hydrogen-bond acceptors (Lipinski definition) is 4. The van der Waals surface area contributed by atoms with Crippen LogP contribution in [-0.4, -0.2) is 26.2 Å². The molecule has 0 fully saturated rings. The summed E-state index contributed by atoms with van der Waals surface area (Å²) in [5.41, 5.74) is 6.86. The number of sulfonamides is 1. The second-order valence-electron chi connectivity index (χ2n) is 5.17. The standard InChI is InChI=1S/C13H22N2O3S/c1-9(2)6-11(8-16)15-19(17,18)13-5-4-10(3)7-12(13)14/h4-5,7,9,11,15-16H,6,8,14H2,1-3H3. The van der Waals surface area contributed by atoms with Crippen LogP contribution in [0.25, 0.3) is 0 Å². The molecule has 0 radical (unpaired) electrons. The van der Waals surface area contributed by atoms with Crippen molar-refractivity contribution in [3.63, 3.8) is 0 Å². The van der Waals surface area contributed by atoms with E-state index in [1.54, 1.807) is 12.1 Å². The van der Waals surface area contributed by atoms with Crippen LogP contribution in [-0.2, 0) is 10.0 Å². The fourth-order valence-corrected chi connectivity index (χ4v) is 3.28. The van der Waals surface area contributed by atoms with Gasteiger partial charge in [-0.3, -0.25) is 0 Å². The first-order chi connectivity index (χ1) is 8.76. The Labute approximate surface area is 114 Å². The highest BCUT2D eigenvalue weighted by atomic mass is 32.2. The van der Waals surface area contributed by atoms with Crippen molar-refractivity contribution in [1.82, 2.24) is 4.72 Å². The van der Waals surface area contributed by atoms with Crippen molar-refractivity contribution in [2.45, 2.75) is 38.1 Å². The first-order valence-electron chi connectivity index (χ1n) is 6.25. The number of anilines is 1. The molecule has 1 rings (SSSR count). The first-order valence-corrected chi connectivity index (χ1v) is 7.74. The van der Waals surface area contributed by atoms with E-state index in [2.05, 4.69) is 4.72 Å². The van der Waals surface area contributed by atoms with Crippen LogP contribution in [0.15, 0.2) is 23.1 Å². The van der Waals surface area contributed by atoms with E-state index in [9.17, 15) is 13.5 Å². The second-order valence-corrected chi connectivity index (χ2v) is 6.85. The zero-order chi connectivity index (χ0) is 14.6. The van der Waals surface area contributed by atoms with Crippen LogP contribution in [0, 0.1) is 12.8 Å². The van der Waals surface area contributed by atoms with Gasteiger partial charge >= 0.3 is 0 Å². The Morgan fingerprint density at radius 2 is 2.00 bits per heavy atom. The van der Waals surface area contributed by atoms with Crippen molar-refractivity contribution < 1.29 is 13.5 Å². The van der Waals surface area contributed by atoms with Gasteiger partial charge in [-0.1, -0.05) is 19.9 Å². The minimum Gasteiger partial charge on any atom is -0.398 e. The third-order valence-corrected chi connectivity index (χ3v) is 4.35. The lowest BCUT2D eigenvalue weighted by Crippen LogP contribution is -2.38. The summed E-state index contributed by atoms with van der Waals surface area (Å²) in [7, 11) is -3.70. The van der Waals surface area contributed by atoms with Crippen LogP contribution < -0.4 is 10.5 Å². The zero-order valence-corrected chi connectivity index (χ0v) is 12.4. The smallest absolute Gasteiger partial charge is 0.242 e. The molecule has 0 bridgehead atoms. The van der Waals surface area contributed by atoms with Crippen molar-refractivity contribution >= 4 is 15.7 Å². The summed E-state index contributed by atoms with van der Waals surface area (Å²) in [6.45, 7) is 5.55. The first kappa shape index (κ1) is 15.9. The molecule has 1 aromatic carbocycles. The summed E-state index contributed by atoms with van der Waals surface area (Å²) in [5, 5.41) is 9.24. The van der Waals surface area contributed by atoms with Crippen LogP contribution in [0.2, 0.25) is 0 Å². The van der Waals surface area contributed by atoms with Crippen molar-refractivity contribution in [1.29, 1.82) is 0 Å². The second kappa shape index (κ2) is 6.36. The Kier molecular flexibility index (Phi) is 5.34. The summed E-state index contributed by atoms with van der Waals surface area (Å²) in [4.78, 5) is 0.0558. The highest BCUT2D eigenvalue weighted by Gasteiger charge is 2.22. The summed E-state index contributed by atoms with van der Waals surface area (Å²) in [6, 6.07) is 4.30. The van der Waals surface area contributed by atoms with E-state index >= 15 is 0 Å². The molecule has 0 aliphatic heterocycles. The van der Waals surface area contributed by atoms with Crippen molar-refractivity contribution in [3.8, 4) is 0 Å². The van der Waals surface area contributed by atoms with E-state index in [0.29, 0.717) is 6.42 Å². The molecule has 0 aromatic heterocycles. The van der Waals surface area contributed by atoms with Gasteiger partial charge in [0.25, 0.3) is 0 Å². The van der Waals surface area contributed by atoms with E-state index in [4.69, 9.17) is 5.73 Å². The molecule has 0 aliphatic rings. The quantitative estimate of drug-likeness (QED) is 0.686. The maximum absolute atomic E-state index is 12.2. The van der Waals surface area contributed by atoms with Crippen LogP contribution in [0.1, 0.15) is 25.8 Å². The number of nitrogens with one attached hydrogen (secondary N) is 1. The molecular formula is C13H22N2O3S. The summed E-state index contributed by atoms with van der Waals surface area (Å²) in [5.74, 6) is 0.287. The minimum absolute atomic E-state index is 0.0558. The van der Waals surface area contributed by atoms with Gasteiger partial charge in [-0.05, 0) is 37.0 Å². The number of hydrogen-bond donors (Lipinski definition) is 3. The number of aliphatic hydroxyl groups is 1. The van der Waals surface area contributed by atoms with Crippen LogP contribution in [0.4, 0.5) is 5.69 Å². The van der Waals surface area contributed by atoms with Gasteiger partial charge in [-0.25, -0.2) is 13.1 Å². The normalized spacial score (nSPS) is 13.7. The van der Waals surface area contributed by atoms with E-state index in [0.717, 1.165) is 5.56 Å². The Hall–Kier alpha value is -1.11. The molecule has 0 saturated carbocycles. The van der Waals surface area contributed by atoms with E-state index in [-0.39, 0.29) is 23.1 Å². The van der Waals surface area contributed by atoms with Crippen LogP contribution >= 0.6 is 0 Å². The molecule has 1 aromatic rings. The third kappa shape index (κ3) is 4.49. The average molecular weight is 286 g/mol. The maximum atomic E-state index is 12.2. The predicted molar refractivity (Wildman–Crippen MR) is 76.2 cm³/mol. The number of benzene rings is 1. The zero-order valence-electron chi connectivity index (χ0n) is 11.6. The number of aliphatic hydroxyl groups excluding tert-OH is 1. The molecule has 0 heterocycles. The monoisotopic (exact) mass is 286 g/mol. The van der Waals surface area contributed by atoms with Crippen molar-refractivity contribution in [3.05, 3.63) is 23.8 Å². The van der Waals surface area contributed by atoms with Gasteiger partial charge in [0.15, 0.2) is 0 Å². The minimum atomic E-state index is -3.70. The highest BCUT2D eigenvalue weighted by molar-refractivity contribution is 7.89. The highest BCUT2D eigenvalue weighted by Crippen LogP contribution is 2.20. The molecule has 0 aliphatic carbocycles. The molecule has 0 spiro atoms. The lowest BCUT2D eigenvalue weighted by Gasteiger charge is -2.19. The van der Waals surface area contributed by atoms with Crippen molar-refractivity contribution in [2.75, 3.05) is 12.3 Å². The lowest BCUT2D eigenvalue weighted by atomic mass is 10.1. The Morgan fingerprint density at radius 3 is 2.47 bits per heavy atom. The van der Waals surface area contributed by atoms with Gasteiger partial charge in [0.1, 0.15) is 4.90 Å². The topological polar surface area (TPSA) is 92.4 Å². The largest absolute Gasteiger partial charge is 0.398 e. The van der Waals surface area contributed by atoms with Crippen LogP contribution in [0.5, 0.6) is 0 Å². The molecule has 108 valence electrons. The molecule has 0 amide bonds. The molecule has 1 atom stereocenters. The van der Waals surface area contributed by atoms with Gasteiger partial charge in [0.05, 0.1) is 12.3 Å². The number of rotatable bonds is 6. The van der Waals surface area contributed by atoms with Gasteiger partial charge in [0.2, 0.25) is 10.0 Å². The average Bonchev–Trinajstić information content (AvgIpc) is 2.26. The van der Waals surface area contributed by atoms with Crippen molar-refractivity contribution in [2.24, 2.45) is 5.92 Å². The molecule has 5 nitrogen and oxygen atoms in total. The fraction of sp³-hybridized carbons (Fsp3) is 0.538.